The van der Waals surface area contributed by atoms with Crippen molar-refractivity contribution in [3.63, 3.8) is 0 Å². The minimum absolute atomic E-state index is 0.0337. The molecule has 0 aliphatic carbocycles. The van der Waals surface area contributed by atoms with Crippen molar-refractivity contribution in [1.29, 1.82) is 0 Å². The molecule has 0 fully saturated rings. The molecule has 1 heterocycles. The van der Waals surface area contributed by atoms with Crippen LogP contribution in [-0.2, 0) is 6.42 Å². The number of aliphatic hydroxyl groups excluding tert-OH is 1. The zero-order chi connectivity index (χ0) is 14.8. The van der Waals surface area contributed by atoms with Gasteiger partial charge in [0.2, 0.25) is 0 Å². The first-order valence-electron chi connectivity index (χ1n) is 6.62. The molecule has 0 radical (unpaired) electrons. The highest BCUT2D eigenvalue weighted by Crippen LogP contribution is 2.22. The van der Waals surface area contributed by atoms with E-state index in [1.807, 2.05) is 30.3 Å². The smallest absolute Gasteiger partial charge is 0.192 e. The Balaban J connectivity index is 1.96. The Morgan fingerprint density at radius 3 is 2.57 bits per heavy atom. The van der Waals surface area contributed by atoms with Gasteiger partial charge in [-0.3, -0.25) is 4.79 Å². The van der Waals surface area contributed by atoms with Crippen LogP contribution in [0.3, 0.4) is 0 Å². The lowest BCUT2D eigenvalue weighted by molar-refractivity contribution is 0.171. The van der Waals surface area contributed by atoms with Crippen molar-refractivity contribution in [2.75, 3.05) is 0 Å². The largest absolute Gasteiger partial charge is 0.508 e. The summed E-state index contributed by atoms with van der Waals surface area (Å²) in [6.07, 6.45) is -0.547. The lowest BCUT2D eigenvalue weighted by Crippen LogP contribution is -2.06. The predicted octanol–water partition coefficient (Wildman–Crippen LogP) is 2.77. The van der Waals surface area contributed by atoms with Crippen LogP contribution in [-0.4, -0.2) is 10.2 Å². The van der Waals surface area contributed by atoms with E-state index in [1.54, 1.807) is 0 Å². The topological polar surface area (TPSA) is 70.7 Å². The number of rotatable bonds is 3. The Morgan fingerprint density at radius 2 is 1.81 bits per heavy atom. The number of benzene rings is 2. The summed E-state index contributed by atoms with van der Waals surface area (Å²) in [6.45, 7) is 0. The second kappa shape index (κ2) is 5.42. The van der Waals surface area contributed by atoms with Crippen LogP contribution in [0.4, 0.5) is 0 Å². The molecule has 0 saturated carbocycles. The van der Waals surface area contributed by atoms with Crippen molar-refractivity contribution in [2.45, 2.75) is 12.5 Å². The molecule has 4 nitrogen and oxygen atoms in total. The van der Waals surface area contributed by atoms with Gasteiger partial charge in [0.1, 0.15) is 17.1 Å². The first kappa shape index (κ1) is 13.4. The van der Waals surface area contributed by atoms with Gasteiger partial charge in [-0.15, -0.1) is 0 Å². The van der Waals surface area contributed by atoms with Gasteiger partial charge < -0.3 is 14.6 Å². The highest BCUT2D eigenvalue weighted by atomic mass is 16.3. The van der Waals surface area contributed by atoms with E-state index in [9.17, 15) is 15.0 Å². The Bertz CT molecular complexity index is 821. The van der Waals surface area contributed by atoms with E-state index in [0.29, 0.717) is 16.7 Å². The predicted molar refractivity (Wildman–Crippen MR) is 79.3 cm³/mol. The molecule has 0 amide bonds. The molecule has 3 aromatic rings. The average molecular weight is 282 g/mol. The van der Waals surface area contributed by atoms with Crippen molar-refractivity contribution in [1.82, 2.24) is 0 Å². The minimum atomic E-state index is -0.746. The molecule has 0 bridgehead atoms. The van der Waals surface area contributed by atoms with E-state index in [1.165, 1.54) is 24.3 Å². The van der Waals surface area contributed by atoms with E-state index in [-0.39, 0.29) is 17.6 Å². The van der Waals surface area contributed by atoms with Crippen molar-refractivity contribution in [3.8, 4) is 5.75 Å². The van der Waals surface area contributed by atoms with Crippen LogP contribution in [0.15, 0.2) is 63.8 Å². The SMILES string of the molecule is O=c1cc(CC(O)c2ccccc2)oc2cc(O)ccc12. The van der Waals surface area contributed by atoms with Crippen LogP contribution in [0, 0.1) is 0 Å². The van der Waals surface area contributed by atoms with Crippen molar-refractivity contribution >= 4 is 11.0 Å². The first-order valence-corrected chi connectivity index (χ1v) is 6.62. The lowest BCUT2D eigenvalue weighted by Gasteiger charge is -2.10. The molecule has 1 aromatic heterocycles. The third kappa shape index (κ3) is 2.80. The Kier molecular flexibility index (Phi) is 3.46. The molecule has 1 atom stereocenters. The molecule has 0 aliphatic heterocycles. The van der Waals surface area contributed by atoms with Crippen molar-refractivity contribution < 1.29 is 14.6 Å². The van der Waals surface area contributed by atoms with Gasteiger partial charge in [-0.25, -0.2) is 0 Å². The maximum atomic E-state index is 12.0. The summed E-state index contributed by atoms with van der Waals surface area (Å²) in [5, 5.41) is 20.0. The standard InChI is InChI=1S/C17H14O4/c18-12-6-7-14-16(20)10-13(21-17(14)8-12)9-15(19)11-4-2-1-3-5-11/h1-8,10,15,18-19H,9H2. The van der Waals surface area contributed by atoms with E-state index >= 15 is 0 Å². The normalized spacial score (nSPS) is 12.4. The molecule has 2 aromatic carbocycles. The maximum absolute atomic E-state index is 12.0. The zero-order valence-corrected chi connectivity index (χ0v) is 11.2. The highest BCUT2D eigenvalue weighted by Gasteiger charge is 2.12. The maximum Gasteiger partial charge on any atom is 0.192 e. The molecular formula is C17H14O4. The zero-order valence-electron chi connectivity index (χ0n) is 11.2. The van der Waals surface area contributed by atoms with Gasteiger partial charge in [-0.2, -0.15) is 0 Å². The van der Waals surface area contributed by atoms with Gasteiger partial charge in [-0.1, -0.05) is 30.3 Å². The number of aliphatic hydroxyl groups is 1. The van der Waals surface area contributed by atoms with Crippen LogP contribution in [0.25, 0.3) is 11.0 Å². The molecule has 1 unspecified atom stereocenters. The van der Waals surface area contributed by atoms with Gasteiger partial charge in [0.15, 0.2) is 5.43 Å². The number of hydrogen-bond donors (Lipinski definition) is 2. The van der Waals surface area contributed by atoms with Crippen LogP contribution in [0.2, 0.25) is 0 Å². The Morgan fingerprint density at radius 1 is 1.05 bits per heavy atom. The molecule has 106 valence electrons. The lowest BCUT2D eigenvalue weighted by atomic mass is 10.0. The van der Waals surface area contributed by atoms with Gasteiger partial charge in [0.05, 0.1) is 11.5 Å². The fraction of sp³-hybridized carbons (Fsp3) is 0.118. The summed E-state index contributed by atoms with van der Waals surface area (Å²) in [5.41, 5.74) is 0.889. The molecule has 0 aliphatic rings. The fourth-order valence-electron chi connectivity index (χ4n) is 2.28. The third-order valence-corrected chi connectivity index (χ3v) is 3.34. The Labute approximate surface area is 120 Å². The first-order chi connectivity index (χ1) is 10.1. The Hall–Kier alpha value is -2.59. The number of phenols is 1. The van der Waals surface area contributed by atoms with Crippen molar-refractivity contribution in [2.24, 2.45) is 0 Å². The van der Waals surface area contributed by atoms with Gasteiger partial charge >= 0.3 is 0 Å². The minimum Gasteiger partial charge on any atom is -0.508 e. The number of aromatic hydroxyl groups is 1. The molecule has 21 heavy (non-hydrogen) atoms. The van der Waals surface area contributed by atoms with Gasteiger partial charge in [0.25, 0.3) is 0 Å². The second-order valence-electron chi connectivity index (χ2n) is 4.89. The average Bonchev–Trinajstić information content (AvgIpc) is 2.47. The summed E-state index contributed by atoms with van der Waals surface area (Å²) >= 11 is 0. The quantitative estimate of drug-likeness (QED) is 0.775. The summed E-state index contributed by atoms with van der Waals surface area (Å²) in [5.74, 6) is 0.417. The summed E-state index contributed by atoms with van der Waals surface area (Å²) in [6, 6.07) is 14.9. The monoisotopic (exact) mass is 282 g/mol. The van der Waals surface area contributed by atoms with Crippen LogP contribution < -0.4 is 5.43 Å². The molecule has 3 rings (SSSR count). The van der Waals surface area contributed by atoms with E-state index in [4.69, 9.17) is 4.42 Å². The number of fused-ring (bicyclic) bond motifs is 1. The van der Waals surface area contributed by atoms with Crippen molar-refractivity contribution in [3.05, 3.63) is 76.1 Å². The van der Waals surface area contributed by atoms with Gasteiger partial charge in [0, 0.05) is 18.6 Å². The molecule has 0 spiro atoms. The second-order valence-corrected chi connectivity index (χ2v) is 4.89. The summed E-state index contributed by atoms with van der Waals surface area (Å²) in [4.78, 5) is 12.0. The van der Waals surface area contributed by atoms with Gasteiger partial charge in [-0.05, 0) is 17.7 Å². The highest BCUT2D eigenvalue weighted by molar-refractivity contribution is 5.77. The van der Waals surface area contributed by atoms with Crippen LogP contribution in [0.5, 0.6) is 5.75 Å². The number of phenolic OH excluding ortho intramolecular Hbond substituents is 1. The van der Waals surface area contributed by atoms with Crippen LogP contribution >= 0.6 is 0 Å². The summed E-state index contributed by atoms with van der Waals surface area (Å²) in [7, 11) is 0. The molecule has 0 saturated heterocycles. The van der Waals surface area contributed by atoms with E-state index in [0.717, 1.165) is 5.56 Å². The third-order valence-electron chi connectivity index (χ3n) is 3.34. The van der Waals surface area contributed by atoms with E-state index in [2.05, 4.69) is 0 Å². The molecule has 2 N–H and O–H groups in total. The number of hydrogen-bond acceptors (Lipinski definition) is 4. The molecule has 4 heteroatoms. The van der Waals surface area contributed by atoms with E-state index < -0.39 is 6.10 Å². The fourth-order valence-corrected chi connectivity index (χ4v) is 2.28. The summed E-state index contributed by atoms with van der Waals surface area (Å²) < 4.78 is 5.60. The molecular weight excluding hydrogens is 268 g/mol. The van der Waals surface area contributed by atoms with Crippen LogP contribution in [0.1, 0.15) is 17.4 Å².